The zero-order chi connectivity index (χ0) is 11.8. The van der Waals surface area contributed by atoms with Crippen LogP contribution in [0, 0.1) is 0 Å². The molecule has 1 amide bonds. The maximum Gasteiger partial charge on any atom is 0.282 e. The number of nitrogens with zero attached hydrogens (tertiary/aromatic N) is 2. The van der Waals surface area contributed by atoms with Crippen LogP contribution in [0.3, 0.4) is 0 Å². The van der Waals surface area contributed by atoms with Crippen molar-refractivity contribution in [3.8, 4) is 0 Å². The normalized spacial score (nSPS) is 10.3. The lowest BCUT2D eigenvalue weighted by molar-refractivity contribution is 0.0952. The topological polar surface area (TPSA) is 80.9 Å². The zero-order valence-electron chi connectivity index (χ0n) is 9.23. The second-order valence-electron chi connectivity index (χ2n) is 3.25. The molecule has 0 aromatic carbocycles. The standard InChI is InChI=1S/C9H16N4OS2/c1-15-6-4-2-3-5-11-7(14)8-12-13-9(10)16-8/h2-6H2,1H3,(H2,10,13)(H,11,14). The van der Waals surface area contributed by atoms with Crippen LogP contribution in [0.15, 0.2) is 0 Å². The van der Waals surface area contributed by atoms with Gasteiger partial charge in [-0.3, -0.25) is 4.79 Å². The lowest BCUT2D eigenvalue weighted by atomic mass is 10.2. The van der Waals surface area contributed by atoms with E-state index in [9.17, 15) is 4.79 Å². The number of nitrogens with one attached hydrogen (secondary N) is 1. The Morgan fingerprint density at radius 2 is 2.25 bits per heavy atom. The van der Waals surface area contributed by atoms with Gasteiger partial charge < -0.3 is 11.1 Å². The van der Waals surface area contributed by atoms with Crippen LogP contribution in [-0.2, 0) is 0 Å². The maximum absolute atomic E-state index is 11.5. The third-order valence-corrected chi connectivity index (χ3v) is 3.39. The summed E-state index contributed by atoms with van der Waals surface area (Å²) in [6.45, 7) is 0.687. The van der Waals surface area contributed by atoms with Crippen LogP contribution in [0.5, 0.6) is 0 Å². The lowest BCUT2D eigenvalue weighted by Crippen LogP contribution is -2.24. The van der Waals surface area contributed by atoms with E-state index < -0.39 is 0 Å². The van der Waals surface area contributed by atoms with Crippen molar-refractivity contribution in [2.24, 2.45) is 0 Å². The van der Waals surface area contributed by atoms with Crippen LogP contribution in [0.25, 0.3) is 0 Å². The lowest BCUT2D eigenvalue weighted by Gasteiger charge is -2.01. The van der Waals surface area contributed by atoms with Gasteiger partial charge in [0.05, 0.1) is 0 Å². The van der Waals surface area contributed by atoms with Crippen molar-refractivity contribution in [2.45, 2.75) is 19.3 Å². The molecule has 1 aromatic heterocycles. The van der Waals surface area contributed by atoms with Crippen LogP contribution >= 0.6 is 23.1 Å². The predicted octanol–water partition coefficient (Wildman–Crippen LogP) is 1.38. The first-order valence-corrected chi connectivity index (χ1v) is 7.31. The van der Waals surface area contributed by atoms with E-state index in [4.69, 9.17) is 5.73 Å². The highest BCUT2D eigenvalue weighted by molar-refractivity contribution is 7.98. The summed E-state index contributed by atoms with van der Waals surface area (Å²) in [7, 11) is 0. The van der Waals surface area contributed by atoms with E-state index in [1.165, 1.54) is 12.2 Å². The molecule has 0 radical (unpaired) electrons. The molecular formula is C9H16N4OS2. The molecule has 0 saturated carbocycles. The zero-order valence-corrected chi connectivity index (χ0v) is 10.9. The summed E-state index contributed by atoms with van der Waals surface area (Å²) in [4.78, 5) is 11.5. The minimum absolute atomic E-state index is 0.181. The molecule has 3 N–H and O–H groups in total. The van der Waals surface area contributed by atoms with E-state index in [1.54, 1.807) is 0 Å². The van der Waals surface area contributed by atoms with Gasteiger partial charge in [0.2, 0.25) is 10.1 Å². The molecule has 0 unspecified atom stereocenters. The molecule has 7 heteroatoms. The summed E-state index contributed by atoms with van der Waals surface area (Å²) < 4.78 is 0. The number of carbonyl (C=O) groups excluding carboxylic acids is 1. The number of carbonyl (C=O) groups is 1. The van der Waals surface area contributed by atoms with Crippen molar-refractivity contribution >= 4 is 34.1 Å². The first-order valence-electron chi connectivity index (χ1n) is 5.10. The summed E-state index contributed by atoms with van der Waals surface area (Å²) in [5.41, 5.74) is 5.39. The van der Waals surface area contributed by atoms with Gasteiger partial charge in [0, 0.05) is 6.54 Å². The first-order chi connectivity index (χ1) is 7.74. The number of hydrogen-bond acceptors (Lipinski definition) is 6. The minimum Gasteiger partial charge on any atom is -0.374 e. The molecule has 1 aromatic rings. The maximum atomic E-state index is 11.5. The Bertz CT molecular complexity index is 329. The number of nitrogens with two attached hydrogens (primary N) is 1. The number of rotatable bonds is 7. The molecule has 0 bridgehead atoms. The molecule has 5 nitrogen and oxygen atoms in total. The van der Waals surface area contributed by atoms with Gasteiger partial charge >= 0.3 is 0 Å². The highest BCUT2D eigenvalue weighted by atomic mass is 32.2. The van der Waals surface area contributed by atoms with Gasteiger partial charge in [0.15, 0.2) is 0 Å². The fourth-order valence-electron chi connectivity index (χ4n) is 1.15. The van der Waals surface area contributed by atoms with Gasteiger partial charge in [-0.05, 0) is 24.9 Å². The average Bonchev–Trinajstić information content (AvgIpc) is 2.70. The van der Waals surface area contributed by atoms with Gasteiger partial charge in [0.25, 0.3) is 5.91 Å². The summed E-state index contributed by atoms with van der Waals surface area (Å²) in [5.74, 6) is 1.00. The molecule has 0 atom stereocenters. The molecule has 16 heavy (non-hydrogen) atoms. The average molecular weight is 260 g/mol. The van der Waals surface area contributed by atoms with E-state index >= 15 is 0 Å². The number of aromatic nitrogens is 2. The fraction of sp³-hybridized carbons (Fsp3) is 0.667. The fourth-order valence-corrected chi connectivity index (χ4v) is 2.17. The quantitative estimate of drug-likeness (QED) is 0.724. The van der Waals surface area contributed by atoms with Gasteiger partial charge in [-0.2, -0.15) is 11.8 Å². The van der Waals surface area contributed by atoms with E-state index in [0.29, 0.717) is 16.7 Å². The van der Waals surface area contributed by atoms with Crippen molar-refractivity contribution in [3.05, 3.63) is 5.01 Å². The SMILES string of the molecule is CSCCCCCNC(=O)c1nnc(N)s1. The van der Waals surface area contributed by atoms with Crippen LogP contribution < -0.4 is 11.1 Å². The number of hydrogen-bond donors (Lipinski definition) is 2. The molecule has 0 saturated heterocycles. The Morgan fingerprint density at radius 1 is 1.44 bits per heavy atom. The Balaban J connectivity index is 2.11. The summed E-state index contributed by atoms with van der Waals surface area (Å²) in [6, 6.07) is 0. The first kappa shape index (κ1) is 13.2. The minimum atomic E-state index is -0.181. The molecule has 0 aliphatic carbocycles. The van der Waals surface area contributed by atoms with Gasteiger partial charge in [0.1, 0.15) is 0 Å². The summed E-state index contributed by atoms with van der Waals surface area (Å²) in [5, 5.41) is 10.7. The van der Waals surface area contributed by atoms with Crippen molar-refractivity contribution < 1.29 is 4.79 Å². The molecule has 1 heterocycles. The number of amides is 1. The second-order valence-corrected chi connectivity index (χ2v) is 5.25. The van der Waals surface area contributed by atoms with Crippen molar-refractivity contribution in [1.29, 1.82) is 0 Å². The molecule has 90 valence electrons. The Kier molecular flexibility index (Phi) is 6.17. The van der Waals surface area contributed by atoms with Crippen molar-refractivity contribution in [2.75, 3.05) is 24.3 Å². The number of unbranched alkanes of at least 4 members (excludes halogenated alkanes) is 2. The molecule has 0 aliphatic rings. The summed E-state index contributed by atoms with van der Waals surface area (Å²) in [6.07, 6.45) is 5.43. The molecule has 0 spiro atoms. The molecular weight excluding hydrogens is 244 g/mol. The summed E-state index contributed by atoms with van der Waals surface area (Å²) >= 11 is 2.96. The Labute approximate surface area is 103 Å². The van der Waals surface area contributed by atoms with Gasteiger partial charge in [-0.15, -0.1) is 10.2 Å². The van der Waals surface area contributed by atoms with Crippen molar-refractivity contribution in [1.82, 2.24) is 15.5 Å². The third kappa shape index (κ3) is 4.80. The second kappa shape index (κ2) is 7.45. The molecule has 0 fully saturated rings. The van der Waals surface area contributed by atoms with Gasteiger partial charge in [-0.25, -0.2) is 0 Å². The monoisotopic (exact) mass is 260 g/mol. The van der Waals surface area contributed by atoms with E-state index in [-0.39, 0.29) is 5.91 Å². The number of thioether (sulfide) groups is 1. The molecule has 1 rings (SSSR count). The largest absolute Gasteiger partial charge is 0.374 e. The van der Waals surface area contributed by atoms with Crippen LogP contribution in [0.2, 0.25) is 0 Å². The predicted molar refractivity (Wildman–Crippen MR) is 68.9 cm³/mol. The highest BCUT2D eigenvalue weighted by Gasteiger charge is 2.10. The van der Waals surface area contributed by atoms with E-state index in [0.717, 1.165) is 24.2 Å². The third-order valence-electron chi connectivity index (χ3n) is 1.95. The Morgan fingerprint density at radius 3 is 2.88 bits per heavy atom. The van der Waals surface area contributed by atoms with E-state index in [1.807, 2.05) is 11.8 Å². The number of anilines is 1. The van der Waals surface area contributed by atoms with E-state index in [2.05, 4.69) is 21.8 Å². The highest BCUT2D eigenvalue weighted by Crippen LogP contribution is 2.10. The van der Waals surface area contributed by atoms with Gasteiger partial charge in [-0.1, -0.05) is 17.8 Å². The molecule has 0 aliphatic heterocycles. The number of nitrogen functional groups attached to an aromatic ring is 1. The van der Waals surface area contributed by atoms with Crippen LogP contribution in [0.4, 0.5) is 5.13 Å². The van der Waals surface area contributed by atoms with Crippen molar-refractivity contribution in [3.63, 3.8) is 0 Å². The smallest absolute Gasteiger partial charge is 0.282 e. The van der Waals surface area contributed by atoms with Crippen LogP contribution in [0.1, 0.15) is 29.1 Å². The Hall–Kier alpha value is -0.820. The van der Waals surface area contributed by atoms with Crippen LogP contribution in [-0.4, -0.2) is 34.7 Å².